The van der Waals surface area contributed by atoms with Gasteiger partial charge in [-0.05, 0) is 65.3 Å². The van der Waals surface area contributed by atoms with Crippen LogP contribution in [0.1, 0.15) is 64.7 Å². The van der Waals surface area contributed by atoms with Crippen LogP contribution in [0, 0.1) is 0 Å². The van der Waals surface area contributed by atoms with Crippen LogP contribution in [0.4, 0.5) is 5.69 Å². The lowest BCUT2D eigenvalue weighted by Gasteiger charge is -2.31. The van der Waals surface area contributed by atoms with E-state index in [2.05, 4.69) is 58.6 Å². The molecule has 3 heteroatoms. The predicted octanol–water partition coefficient (Wildman–Crippen LogP) is 4.57. The Balaban J connectivity index is 2.89. The highest BCUT2D eigenvalue weighted by atomic mass is 16.2. The third-order valence-corrected chi connectivity index (χ3v) is 3.99. The van der Waals surface area contributed by atoms with Crippen LogP contribution in [0.5, 0.6) is 0 Å². The van der Waals surface area contributed by atoms with Crippen LogP contribution in [-0.2, 0) is 0 Å². The van der Waals surface area contributed by atoms with E-state index in [-0.39, 0.29) is 18.0 Å². The highest BCUT2D eigenvalue weighted by Gasteiger charge is 2.21. The number of hydrogen-bond acceptors (Lipinski definition) is 2. The molecule has 0 bridgehead atoms. The van der Waals surface area contributed by atoms with Crippen LogP contribution in [0.2, 0.25) is 0 Å². The minimum atomic E-state index is 0.119. The number of nitrogens with zero attached hydrogens (tertiary/aromatic N) is 2. The lowest BCUT2D eigenvalue weighted by atomic mass is 10.1. The van der Waals surface area contributed by atoms with E-state index in [1.165, 1.54) is 18.5 Å². The van der Waals surface area contributed by atoms with Gasteiger partial charge in [0.1, 0.15) is 0 Å². The molecule has 0 aliphatic carbocycles. The van der Waals surface area contributed by atoms with Crippen LogP contribution in [0.15, 0.2) is 24.3 Å². The molecule has 0 saturated carbocycles. The van der Waals surface area contributed by atoms with Gasteiger partial charge in [-0.25, -0.2) is 0 Å². The number of carbonyl (C=O) groups excluding carboxylic acids is 1. The van der Waals surface area contributed by atoms with Gasteiger partial charge in [-0.2, -0.15) is 0 Å². The van der Waals surface area contributed by atoms with E-state index < -0.39 is 0 Å². The molecule has 0 heterocycles. The fourth-order valence-electron chi connectivity index (χ4n) is 2.85. The fourth-order valence-corrected chi connectivity index (χ4v) is 2.85. The van der Waals surface area contributed by atoms with Crippen molar-refractivity contribution in [3.05, 3.63) is 29.8 Å². The largest absolute Gasteiger partial charge is 0.372 e. The Kier molecular flexibility index (Phi) is 7.43. The summed E-state index contributed by atoms with van der Waals surface area (Å²) in [5.41, 5.74) is 1.98. The summed E-state index contributed by atoms with van der Waals surface area (Å²) in [7, 11) is 0. The Morgan fingerprint density at radius 2 is 1.55 bits per heavy atom. The average molecular weight is 304 g/mol. The summed E-state index contributed by atoms with van der Waals surface area (Å²) in [4.78, 5) is 17.0. The maximum Gasteiger partial charge on any atom is 0.254 e. The van der Waals surface area contributed by atoms with Crippen molar-refractivity contribution in [1.82, 2.24) is 4.90 Å². The van der Waals surface area contributed by atoms with Gasteiger partial charge in [0.25, 0.3) is 5.91 Å². The predicted molar refractivity (Wildman–Crippen MR) is 95.7 cm³/mol. The van der Waals surface area contributed by atoms with Gasteiger partial charge in [-0.3, -0.25) is 4.79 Å². The first kappa shape index (κ1) is 18.5. The van der Waals surface area contributed by atoms with E-state index in [0.717, 1.165) is 18.7 Å². The van der Waals surface area contributed by atoms with E-state index in [0.29, 0.717) is 0 Å². The molecule has 0 aliphatic heterocycles. The quantitative estimate of drug-likeness (QED) is 0.702. The van der Waals surface area contributed by atoms with Gasteiger partial charge in [0.15, 0.2) is 0 Å². The average Bonchev–Trinajstić information content (AvgIpc) is 2.47. The minimum Gasteiger partial charge on any atom is -0.372 e. The van der Waals surface area contributed by atoms with Crippen molar-refractivity contribution in [1.29, 1.82) is 0 Å². The highest BCUT2D eigenvalue weighted by molar-refractivity contribution is 5.95. The summed E-state index contributed by atoms with van der Waals surface area (Å²) in [6, 6.07) is 8.50. The lowest BCUT2D eigenvalue weighted by Crippen LogP contribution is -2.42. The second-order valence-electron chi connectivity index (χ2n) is 6.38. The van der Waals surface area contributed by atoms with Crippen LogP contribution in [0.3, 0.4) is 0 Å². The topological polar surface area (TPSA) is 23.6 Å². The number of amides is 1. The van der Waals surface area contributed by atoms with Gasteiger partial charge in [-0.15, -0.1) is 0 Å². The summed E-state index contributed by atoms with van der Waals surface area (Å²) in [5, 5.41) is 0. The Labute approximate surface area is 136 Å². The van der Waals surface area contributed by atoms with Crippen molar-refractivity contribution < 1.29 is 4.79 Å². The molecule has 0 radical (unpaired) electrons. The van der Waals surface area contributed by atoms with Crippen molar-refractivity contribution in [2.75, 3.05) is 18.0 Å². The van der Waals surface area contributed by atoms with Crippen molar-refractivity contribution >= 4 is 11.6 Å². The number of unbranched alkanes of at least 4 members (excludes halogenated alkanes) is 1. The summed E-state index contributed by atoms with van der Waals surface area (Å²) in [6.45, 7) is 14.7. The Hall–Kier alpha value is -1.51. The molecular formula is C19H32N2O. The first-order chi connectivity index (χ1) is 10.4. The third-order valence-electron chi connectivity index (χ3n) is 3.99. The fraction of sp³-hybridized carbons (Fsp3) is 0.632. The monoisotopic (exact) mass is 304 g/mol. The minimum absolute atomic E-state index is 0.119. The van der Waals surface area contributed by atoms with Crippen LogP contribution in [-0.4, -0.2) is 36.0 Å². The number of hydrogen-bond donors (Lipinski definition) is 0. The number of anilines is 1. The number of benzene rings is 1. The highest BCUT2D eigenvalue weighted by Crippen LogP contribution is 2.18. The standard InChI is InChI=1S/C19H32N2O/c1-7-9-14-20(8-2)18-12-10-17(11-13-18)19(22)21(15(3)4)16(5)6/h10-13,15-16H,7-9,14H2,1-6H3. The summed E-state index contributed by atoms with van der Waals surface area (Å²) >= 11 is 0. The molecule has 22 heavy (non-hydrogen) atoms. The first-order valence-corrected chi connectivity index (χ1v) is 8.60. The van der Waals surface area contributed by atoms with Gasteiger partial charge in [-0.1, -0.05) is 13.3 Å². The van der Waals surface area contributed by atoms with E-state index in [9.17, 15) is 4.79 Å². The maximum absolute atomic E-state index is 12.7. The number of rotatable bonds is 8. The maximum atomic E-state index is 12.7. The van der Waals surface area contributed by atoms with Gasteiger partial charge in [0.05, 0.1) is 0 Å². The molecule has 1 aromatic rings. The molecule has 1 rings (SSSR count). The van der Waals surface area contributed by atoms with Crippen molar-refractivity contribution in [2.45, 2.75) is 66.5 Å². The SMILES string of the molecule is CCCCN(CC)c1ccc(C(=O)N(C(C)C)C(C)C)cc1. The zero-order valence-electron chi connectivity index (χ0n) is 15.1. The zero-order chi connectivity index (χ0) is 16.7. The van der Waals surface area contributed by atoms with Gasteiger partial charge < -0.3 is 9.80 Å². The molecule has 0 saturated heterocycles. The third kappa shape index (κ3) is 4.75. The molecule has 124 valence electrons. The molecule has 1 amide bonds. The van der Waals surface area contributed by atoms with Gasteiger partial charge in [0, 0.05) is 36.4 Å². The van der Waals surface area contributed by atoms with E-state index in [1.54, 1.807) is 0 Å². The van der Waals surface area contributed by atoms with Gasteiger partial charge >= 0.3 is 0 Å². The van der Waals surface area contributed by atoms with Crippen LogP contribution in [0.25, 0.3) is 0 Å². The van der Waals surface area contributed by atoms with Crippen molar-refractivity contribution in [3.8, 4) is 0 Å². The summed E-state index contributed by atoms with van der Waals surface area (Å²) in [6.07, 6.45) is 2.40. The zero-order valence-corrected chi connectivity index (χ0v) is 15.1. The van der Waals surface area contributed by atoms with Crippen molar-refractivity contribution in [3.63, 3.8) is 0 Å². The van der Waals surface area contributed by atoms with Crippen molar-refractivity contribution in [2.24, 2.45) is 0 Å². The molecule has 0 N–H and O–H groups in total. The molecule has 0 aliphatic rings. The lowest BCUT2D eigenvalue weighted by molar-refractivity contribution is 0.0644. The summed E-state index contributed by atoms with van der Waals surface area (Å²) in [5.74, 6) is 0.119. The van der Waals surface area contributed by atoms with E-state index >= 15 is 0 Å². The Bertz CT molecular complexity index is 443. The summed E-state index contributed by atoms with van der Waals surface area (Å²) < 4.78 is 0. The molecule has 0 atom stereocenters. The Morgan fingerprint density at radius 3 is 1.95 bits per heavy atom. The normalized spacial score (nSPS) is 11.1. The molecule has 3 nitrogen and oxygen atoms in total. The second-order valence-corrected chi connectivity index (χ2v) is 6.38. The van der Waals surface area contributed by atoms with E-state index in [1.807, 2.05) is 17.0 Å². The molecule has 0 aromatic heterocycles. The van der Waals surface area contributed by atoms with E-state index in [4.69, 9.17) is 0 Å². The molecule has 0 fully saturated rings. The first-order valence-electron chi connectivity index (χ1n) is 8.60. The Morgan fingerprint density at radius 1 is 1.00 bits per heavy atom. The molecular weight excluding hydrogens is 272 g/mol. The van der Waals surface area contributed by atoms with Gasteiger partial charge in [0.2, 0.25) is 0 Å². The second kappa shape index (κ2) is 8.82. The smallest absolute Gasteiger partial charge is 0.254 e. The number of carbonyl (C=O) groups is 1. The van der Waals surface area contributed by atoms with Crippen LogP contribution < -0.4 is 4.90 Å². The molecule has 0 unspecified atom stereocenters. The molecule has 1 aromatic carbocycles. The van der Waals surface area contributed by atoms with Crippen LogP contribution >= 0.6 is 0 Å². The molecule has 0 spiro atoms.